The predicted octanol–water partition coefficient (Wildman–Crippen LogP) is 3.72. The molecule has 0 amide bonds. The predicted molar refractivity (Wildman–Crippen MR) is 118 cm³/mol. The molecule has 7 heteroatoms. The lowest BCUT2D eigenvalue weighted by Gasteiger charge is -2.38. The zero-order chi connectivity index (χ0) is 21.4. The maximum Gasteiger partial charge on any atom is 0.177 e. The molecule has 0 aliphatic carbocycles. The smallest absolute Gasteiger partial charge is 0.177 e. The molecule has 2 N–H and O–H groups in total. The second kappa shape index (κ2) is 7.98. The number of hydrogen-bond donors (Lipinski definition) is 2. The zero-order valence-corrected chi connectivity index (χ0v) is 18.2. The molecule has 0 unspecified atom stereocenters. The summed E-state index contributed by atoms with van der Waals surface area (Å²) in [4.78, 5) is 23.6. The average molecular weight is 423 g/mol. The Kier molecular flexibility index (Phi) is 5.53. The molecular formula is C23H26N4O2S. The van der Waals surface area contributed by atoms with Gasteiger partial charge in [0.05, 0.1) is 21.6 Å². The van der Waals surface area contributed by atoms with E-state index < -0.39 is 11.0 Å². The van der Waals surface area contributed by atoms with Crippen LogP contribution in [-0.2, 0) is 11.0 Å². The number of carbonyl (C=O) groups excluding carboxylic acids is 1. The molecule has 1 aromatic carbocycles. The summed E-state index contributed by atoms with van der Waals surface area (Å²) in [6, 6.07) is 11.5. The van der Waals surface area contributed by atoms with Crippen LogP contribution in [0.5, 0.6) is 0 Å². The van der Waals surface area contributed by atoms with Crippen molar-refractivity contribution in [3.63, 3.8) is 0 Å². The number of nitrogens with zero attached hydrogens (tertiary/aromatic N) is 3. The van der Waals surface area contributed by atoms with Gasteiger partial charge in [-0.15, -0.1) is 0 Å². The van der Waals surface area contributed by atoms with E-state index in [1.807, 2.05) is 30.3 Å². The van der Waals surface area contributed by atoms with E-state index in [4.69, 9.17) is 0 Å². The maximum absolute atomic E-state index is 14.1. The van der Waals surface area contributed by atoms with Crippen LogP contribution in [0.25, 0.3) is 11.4 Å². The highest BCUT2D eigenvalue weighted by Gasteiger charge is 2.46. The van der Waals surface area contributed by atoms with Crippen LogP contribution < -0.4 is 5.32 Å². The van der Waals surface area contributed by atoms with Crippen molar-refractivity contribution in [1.82, 2.24) is 19.7 Å². The Morgan fingerprint density at radius 1 is 1.23 bits per heavy atom. The van der Waals surface area contributed by atoms with Gasteiger partial charge in [0.25, 0.3) is 0 Å². The summed E-state index contributed by atoms with van der Waals surface area (Å²) in [6.07, 6.45) is 4.92. The third-order valence-electron chi connectivity index (χ3n) is 5.77. The molecule has 156 valence electrons. The molecule has 3 aromatic rings. The van der Waals surface area contributed by atoms with Gasteiger partial charge in [0.1, 0.15) is 0 Å². The number of hydrogen-bond acceptors (Lipinski definition) is 7. The van der Waals surface area contributed by atoms with E-state index in [0.717, 1.165) is 22.6 Å². The number of aromatic nitrogens is 3. The first-order valence-electron chi connectivity index (χ1n) is 10.2. The van der Waals surface area contributed by atoms with Crippen molar-refractivity contribution in [2.24, 2.45) is 0 Å². The van der Waals surface area contributed by atoms with Crippen LogP contribution >= 0.6 is 11.5 Å². The van der Waals surface area contributed by atoms with Crippen LogP contribution in [0.2, 0.25) is 0 Å². The molecule has 2 atom stereocenters. The minimum absolute atomic E-state index is 0.0116. The van der Waals surface area contributed by atoms with E-state index in [9.17, 15) is 9.90 Å². The van der Waals surface area contributed by atoms with Crippen molar-refractivity contribution in [3.8, 4) is 11.4 Å². The summed E-state index contributed by atoms with van der Waals surface area (Å²) in [5, 5.41) is 13.9. The molecular weight excluding hydrogens is 396 g/mol. The maximum atomic E-state index is 14.1. The summed E-state index contributed by atoms with van der Waals surface area (Å²) in [6.45, 7) is 6.11. The van der Waals surface area contributed by atoms with Gasteiger partial charge in [0.15, 0.2) is 11.6 Å². The van der Waals surface area contributed by atoms with Gasteiger partial charge >= 0.3 is 0 Å². The Bertz CT molecular complexity index is 1030. The average Bonchev–Trinajstić information content (AvgIpc) is 3.26. The third kappa shape index (κ3) is 3.80. The standard InChI is InChI=1S/C23H26N4O2S/c1-15-9-10-23(14-26-15,18-13-19(30-27-18)22(2,3)29)20(28)16-7-4-5-8-17(16)21-24-11-6-12-25-21/h4-8,11-13,15,26,29H,9-10,14H2,1-3H3/t15-,23-/m1/s1. The fraction of sp³-hybridized carbons (Fsp3) is 0.391. The van der Waals surface area contributed by atoms with Gasteiger partial charge in [-0.2, -0.15) is 4.37 Å². The Morgan fingerprint density at radius 3 is 2.60 bits per heavy atom. The van der Waals surface area contributed by atoms with Gasteiger partial charge in [-0.1, -0.05) is 24.3 Å². The Hall–Kier alpha value is -2.48. The van der Waals surface area contributed by atoms with Crippen molar-refractivity contribution in [2.45, 2.75) is 50.7 Å². The SMILES string of the molecule is C[C@@H]1CC[C@](C(=O)c2ccccc2-c2ncccn2)(c2cc(C(C)(C)O)sn2)CN1. The number of piperidine rings is 1. The summed E-state index contributed by atoms with van der Waals surface area (Å²) >= 11 is 1.26. The molecule has 6 nitrogen and oxygen atoms in total. The first-order chi connectivity index (χ1) is 14.3. The van der Waals surface area contributed by atoms with E-state index >= 15 is 0 Å². The van der Waals surface area contributed by atoms with E-state index in [1.165, 1.54) is 11.5 Å². The topological polar surface area (TPSA) is 88.0 Å². The highest BCUT2D eigenvalue weighted by molar-refractivity contribution is 7.06. The van der Waals surface area contributed by atoms with E-state index in [2.05, 4.69) is 26.6 Å². The summed E-state index contributed by atoms with van der Waals surface area (Å²) < 4.78 is 4.64. The van der Waals surface area contributed by atoms with Gasteiger partial charge in [-0.05, 0) is 57.3 Å². The fourth-order valence-corrected chi connectivity index (χ4v) is 4.70. The number of benzene rings is 1. The molecule has 0 spiro atoms. The molecule has 4 rings (SSSR count). The molecule has 3 heterocycles. The molecule has 0 radical (unpaired) electrons. The molecule has 1 saturated heterocycles. The van der Waals surface area contributed by atoms with Crippen molar-refractivity contribution < 1.29 is 9.90 Å². The van der Waals surface area contributed by atoms with Gasteiger partial charge in [0.2, 0.25) is 0 Å². The fourth-order valence-electron chi connectivity index (χ4n) is 3.89. The number of Topliss-reactive ketones (excluding diaryl/α,β-unsaturated/α-hetero) is 1. The Morgan fingerprint density at radius 2 is 1.97 bits per heavy atom. The lowest BCUT2D eigenvalue weighted by atomic mass is 9.70. The normalized spacial score (nSPS) is 22.1. The summed E-state index contributed by atoms with van der Waals surface area (Å²) in [5.41, 5.74) is 0.248. The number of aliphatic hydroxyl groups is 1. The Labute approximate surface area is 180 Å². The number of ketones is 1. The quantitative estimate of drug-likeness (QED) is 0.609. The Balaban J connectivity index is 1.82. The van der Waals surface area contributed by atoms with Crippen molar-refractivity contribution in [1.29, 1.82) is 0 Å². The van der Waals surface area contributed by atoms with Crippen molar-refractivity contribution in [3.05, 3.63) is 64.9 Å². The molecule has 2 aromatic heterocycles. The first-order valence-corrected chi connectivity index (χ1v) is 10.9. The minimum atomic E-state index is -0.995. The van der Waals surface area contributed by atoms with Gasteiger partial charge < -0.3 is 10.4 Å². The number of rotatable bonds is 5. The molecule has 30 heavy (non-hydrogen) atoms. The second-order valence-electron chi connectivity index (χ2n) is 8.49. The van der Waals surface area contributed by atoms with Crippen LogP contribution in [0.3, 0.4) is 0 Å². The first kappa shape index (κ1) is 20.8. The van der Waals surface area contributed by atoms with Crippen molar-refractivity contribution in [2.75, 3.05) is 6.54 Å². The van der Waals surface area contributed by atoms with Gasteiger partial charge in [-0.25, -0.2) is 9.97 Å². The second-order valence-corrected chi connectivity index (χ2v) is 9.29. The largest absolute Gasteiger partial charge is 0.385 e. The van der Waals surface area contributed by atoms with Crippen LogP contribution in [0.1, 0.15) is 54.5 Å². The van der Waals surface area contributed by atoms with Gasteiger partial charge in [-0.3, -0.25) is 4.79 Å². The monoisotopic (exact) mass is 422 g/mol. The highest BCUT2D eigenvalue weighted by Crippen LogP contribution is 2.39. The van der Waals surface area contributed by atoms with E-state index in [1.54, 1.807) is 32.3 Å². The highest BCUT2D eigenvalue weighted by atomic mass is 32.1. The van der Waals surface area contributed by atoms with Crippen LogP contribution in [-0.4, -0.2) is 37.8 Å². The van der Waals surface area contributed by atoms with Crippen LogP contribution in [0, 0.1) is 0 Å². The van der Waals surface area contributed by atoms with Gasteiger partial charge in [0, 0.05) is 36.1 Å². The molecule has 1 aliphatic heterocycles. The molecule has 0 saturated carbocycles. The number of nitrogens with one attached hydrogen (secondary N) is 1. The van der Waals surface area contributed by atoms with Crippen LogP contribution in [0.4, 0.5) is 0 Å². The van der Waals surface area contributed by atoms with E-state index in [-0.39, 0.29) is 5.78 Å². The number of carbonyl (C=O) groups is 1. The van der Waals surface area contributed by atoms with Crippen LogP contribution in [0.15, 0.2) is 48.8 Å². The van der Waals surface area contributed by atoms with E-state index in [0.29, 0.717) is 30.4 Å². The van der Waals surface area contributed by atoms with Crippen molar-refractivity contribution >= 4 is 17.3 Å². The summed E-state index contributed by atoms with van der Waals surface area (Å²) in [5.74, 6) is 0.543. The summed E-state index contributed by atoms with van der Waals surface area (Å²) in [7, 11) is 0. The lowest BCUT2D eigenvalue weighted by molar-refractivity contribution is 0.0806. The molecule has 1 fully saturated rings. The third-order valence-corrected chi connectivity index (χ3v) is 6.87. The zero-order valence-electron chi connectivity index (χ0n) is 17.4. The molecule has 1 aliphatic rings. The molecule has 0 bridgehead atoms. The lowest BCUT2D eigenvalue weighted by Crippen LogP contribution is -2.52. The minimum Gasteiger partial charge on any atom is -0.385 e.